The van der Waals surface area contributed by atoms with Gasteiger partial charge in [0, 0.05) is 6.42 Å². The molecule has 0 saturated carbocycles. The largest absolute Gasteiger partial charge is 0.544 e. The predicted molar refractivity (Wildman–Crippen MR) is 97.2 cm³/mol. The van der Waals surface area contributed by atoms with Gasteiger partial charge >= 0.3 is 0 Å². The fraction of sp³-hybridized carbons (Fsp3) is 0.579. The van der Waals surface area contributed by atoms with Crippen LogP contribution in [-0.4, -0.2) is 25.6 Å². The van der Waals surface area contributed by atoms with Crippen molar-refractivity contribution in [3.8, 4) is 5.75 Å². The number of hydrogen-bond acceptors (Lipinski definition) is 3. The Balaban J connectivity index is 1.88. The van der Waals surface area contributed by atoms with E-state index in [1.54, 1.807) is 12.3 Å². The molecule has 1 aromatic rings. The Hall–Kier alpha value is -1.26. The second-order valence-corrected chi connectivity index (χ2v) is 12.7. The number of aryl methyl sites for hydroxylation is 1. The van der Waals surface area contributed by atoms with Crippen molar-refractivity contribution in [1.82, 2.24) is 0 Å². The van der Waals surface area contributed by atoms with Crippen LogP contribution in [0.4, 0.5) is 0 Å². The summed E-state index contributed by atoms with van der Waals surface area (Å²) in [7, 11) is -1.77. The number of aliphatic hydroxyl groups is 1. The monoisotopic (exact) mass is 334 g/mol. The Morgan fingerprint density at radius 2 is 1.87 bits per heavy atom. The van der Waals surface area contributed by atoms with Crippen LogP contribution in [0.3, 0.4) is 0 Å². The molecule has 0 radical (unpaired) electrons. The summed E-state index contributed by atoms with van der Waals surface area (Å²) >= 11 is 0. The van der Waals surface area contributed by atoms with Gasteiger partial charge in [0.15, 0.2) is 0 Å². The first-order valence-corrected chi connectivity index (χ1v) is 11.4. The molecule has 3 nitrogen and oxygen atoms in total. The molecular formula is C19H30O3Si. The molecule has 0 bridgehead atoms. The summed E-state index contributed by atoms with van der Waals surface area (Å²) in [5.74, 6) is 0.965. The van der Waals surface area contributed by atoms with E-state index in [0.29, 0.717) is 6.42 Å². The Morgan fingerprint density at radius 3 is 2.43 bits per heavy atom. The van der Waals surface area contributed by atoms with E-state index in [9.17, 15) is 5.11 Å². The van der Waals surface area contributed by atoms with Crippen molar-refractivity contribution in [2.75, 3.05) is 0 Å². The summed E-state index contributed by atoms with van der Waals surface area (Å²) in [5.41, 5.74) is 1.28. The number of hydrogen-bond donors (Lipinski definition) is 1. The van der Waals surface area contributed by atoms with Crippen LogP contribution in [0.5, 0.6) is 5.75 Å². The molecule has 1 aromatic carbocycles. The fourth-order valence-corrected chi connectivity index (χ4v) is 3.37. The maximum atomic E-state index is 9.61. The van der Waals surface area contributed by atoms with Gasteiger partial charge in [-0.25, -0.2) is 0 Å². The SMILES string of the molecule is CC(C)(C)[Si](C)(C)Oc1ccc(CC[C@H]2C[C@@H](O)C=CO2)cc1. The third-order valence-corrected chi connectivity index (χ3v) is 9.29. The highest BCUT2D eigenvalue weighted by molar-refractivity contribution is 6.74. The van der Waals surface area contributed by atoms with Gasteiger partial charge in [0.25, 0.3) is 0 Å². The van der Waals surface area contributed by atoms with Crippen molar-refractivity contribution in [2.45, 2.75) is 70.4 Å². The van der Waals surface area contributed by atoms with Crippen molar-refractivity contribution in [2.24, 2.45) is 0 Å². The highest BCUT2D eigenvalue weighted by Crippen LogP contribution is 2.37. The average molecular weight is 335 g/mol. The molecule has 2 atom stereocenters. The van der Waals surface area contributed by atoms with Gasteiger partial charge in [0.05, 0.1) is 12.4 Å². The maximum Gasteiger partial charge on any atom is 0.250 e. The van der Waals surface area contributed by atoms with Crippen molar-refractivity contribution in [3.05, 3.63) is 42.2 Å². The lowest BCUT2D eigenvalue weighted by molar-refractivity contribution is 0.0594. The fourth-order valence-electron chi connectivity index (χ4n) is 2.34. The Labute approximate surface area is 141 Å². The predicted octanol–water partition coefficient (Wildman–Crippen LogP) is 4.67. The normalized spacial score (nSPS) is 21.8. The Kier molecular flexibility index (Phi) is 5.58. The number of ether oxygens (including phenoxy) is 1. The van der Waals surface area contributed by atoms with Gasteiger partial charge in [-0.15, -0.1) is 0 Å². The molecule has 1 aliphatic rings. The average Bonchev–Trinajstić information content (AvgIpc) is 2.45. The van der Waals surface area contributed by atoms with Gasteiger partial charge in [0.2, 0.25) is 8.32 Å². The molecule has 23 heavy (non-hydrogen) atoms. The number of rotatable bonds is 5. The standard InChI is InChI=1S/C19H30O3Si/c1-19(2,3)23(4,5)22-17-9-6-15(7-10-17)8-11-18-14-16(20)12-13-21-18/h6-7,9-10,12-13,16,18,20H,8,11,14H2,1-5H3/t16-,18-/m0/s1. The minimum atomic E-state index is -1.77. The van der Waals surface area contributed by atoms with E-state index >= 15 is 0 Å². The molecular weight excluding hydrogens is 304 g/mol. The molecule has 0 spiro atoms. The van der Waals surface area contributed by atoms with E-state index in [1.807, 2.05) is 0 Å². The van der Waals surface area contributed by atoms with E-state index < -0.39 is 8.32 Å². The van der Waals surface area contributed by atoms with Crippen molar-refractivity contribution >= 4 is 8.32 Å². The van der Waals surface area contributed by atoms with E-state index in [1.165, 1.54) is 5.56 Å². The summed E-state index contributed by atoms with van der Waals surface area (Å²) in [4.78, 5) is 0. The van der Waals surface area contributed by atoms with Gasteiger partial charge in [-0.05, 0) is 54.7 Å². The third kappa shape index (κ3) is 5.11. The summed E-state index contributed by atoms with van der Waals surface area (Å²) in [6.07, 6.45) is 5.61. The molecule has 128 valence electrons. The zero-order valence-electron chi connectivity index (χ0n) is 15.0. The lowest BCUT2D eigenvalue weighted by Crippen LogP contribution is -2.43. The van der Waals surface area contributed by atoms with E-state index in [2.05, 4.69) is 58.1 Å². The molecule has 1 N–H and O–H groups in total. The van der Waals surface area contributed by atoms with Crippen molar-refractivity contribution < 1.29 is 14.3 Å². The summed E-state index contributed by atoms with van der Waals surface area (Å²) in [5, 5.41) is 9.81. The molecule has 2 rings (SSSR count). The first-order chi connectivity index (χ1) is 10.7. The summed E-state index contributed by atoms with van der Waals surface area (Å²) in [6.45, 7) is 11.3. The summed E-state index contributed by atoms with van der Waals surface area (Å²) < 4.78 is 11.8. The molecule has 0 fully saturated rings. The smallest absolute Gasteiger partial charge is 0.250 e. The zero-order chi connectivity index (χ0) is 17.1. The summed E-state index contributed by atoms with van der Waals surface area (Å²) in [6, 6.07) is 8.42. The molecule has 1 aliphatic heterocycles. The second kappa shape index (κ2) is 7.10. The molecule has 0 aliphatic carbocycles. The molecule has 0 saturated heterocycles. The van der Waals surface area contributed by atoms with Crippen LogP contribution in [0.2, 0.25) is 18.1 Å². The van der Waals surface area contributed by atoms with Crippen LogP contribution >= 0.6 is 0 Å². The molecule has 0 aromatic heterocycles. The molecule has 0 amide bonds. The topological polar surface area (TPSA) is 38.7 Å². The van der Waals surface area contributed by atoms with Crippen LogP contribution in [0.1, 0.15) is 39.2 Å². The minimum absolute atomic E-state index is 0.109. The molecule has 1 heterocycles. The Bertz CT molecular complexity index is 529. The van der Waals surface area contributed by atoms with E-state index in [0.717, 1.165) is 18.6 Å². The quantitative estimate of drug-likeness (QED) is 0.796. The van der Waals surface area contributed by atoms with Crippen LogP contribution < -0.4 is 4.43 Å². The van der Waals surface area contributed by atoms with Gasteiger partial charge in [-0.3, -0.25) is 0 Å². The lowest BCUT2D eigenvalue weighted by Gasteiger charge is -2.36. The number of aliphatic hydroxyl groups excluding tert-OH is 1. The highest BCUT2D eigenvalue weighted by Gasteiger charge is 2.38. The van der Waals surface area contributed by atoms with Gasteiger partial charge in [0.1, 0.15) is 11.9 Å². The minimum Gasteiger partial charge on any atom is -0.544 e. The van der Waals surface area contributed by atoms with E-state index in [4.69, 9.17) is 9.16 Å². The third-order valence-electron chi connectivity index (χ3n) is 4.93. The maximum absolute atomic E-state index is 9.61. The lowest BCUT2D eigenvalue weighted by atomic mass is 10.0. The van der Waals surface area contributed by atoms with Crippen LogP contribution in [-0.2, 0) is 11.2 Å². The van der Waals surface area contributed by atoms with E-state index in [-0.39, 0.29) is 17.2 Å². The first-order valence-electron chi connectivity index (χ1n) is 8.45. The molecule has 0 unspecified atom stereocenters. The Morgan fingerprint density at radius 1 is 1.22 bits per heavy atom. The second-order valence-electron chi connectivity index (χ2n) is 7.93. The first kappa shape index (κ1) is 18.1. The van der Waals surface area contributed by atoms with Crippen molar-refractivity contribution in [1.29, 1.82) is 0 Å². The van der Waals surface area contributed by atoms with Crippen LogP contribution in [0.15, 0.2) is 36.6 Å². The van der Waals surface area contributed by atoms with Gasteiger partial charge in [-0.1, -0.05) is 32.9 Å². The van der Waals surface area contributed by atoms with Crippen LogP contribution in [0.25, 0.3) is 0 Å². The van der Waals surface area contributed by atoms with Gasteiger partial charge in [-0.2, -0.15) is 0 Å². The van der Waals surface area contributed by atoms with Crippen molar-refractivity contribution in [3.63, 3.8) is 0 Å². The zero-order valence-corrected chi connectivity index (χ0v) is 16.0. The van der Waals surface area contributed by atoms with Gasteiger partial charge < -0.3 is 14.3 Å². The highest BCUT2D eigenvalue weighted by atomic mass is 28.4. The number of benzene rings is 1. The molecule has 4 heteroatoms. The van der Waals surface area contributed by atoms with Crippen LogP contribution in [0, 0.1) is 0 Å².